The summed E-state index contributed by atoms with van der Waals surface area (Å²) in [5.41, 5.74) is -0.826. The Balaban J connectivity index is 2.39. The zero-order valence-electron chi connectivity index (χ0n) is 9.56. The molecule has 0 aromatic rings. The molecule has 1 aliphatic rings. The van der Waals surface area contributed by atoms with Gasteiger partial charge >= 0.3 is 12.0 Å². The summed E-state index contributed by atoms with van der Waals surface area (Å²) >= 11 is 0. The van der Waals surface area contributed by atoms with Crippen LogP contribution in [-0.4, -0.2) is 51.8 Å². The van der Waals surface area contributed by atoms with Crippen LogP contribution in [0.25, 0.3) is 0 Å². The van der Waals surface area contributed by atoms with E-state index in [9.17, 15) is 14.7 Å². The lowest BCUT2D eigenvalue weighted by atomic mass is 10.1. The smallest absolute Gasteiger partial charge is 0.317 e. The number of urea groups is 1. The molecule has 6 nitrogen and oxygen atoms in total. The zero-order chi connectivity index (χ0) is 12.3. The van der Waals surface area contributed by atoms with Gasteiger partial charge in [0.05, 0.1) is 18.6 Å². The third-order valence-electron chi connectivity index (χ3n) is 2.59. The fourth-order valence-electron chi connectivity index (χ4n) is 1.73. The highest BCUT2D eigenvalue weighted by Crippen LogP contribution is 2.19. The fraction of sp³-hybridized carbons (Fsp3) is 0.800. The van der Waals surface area contributed by atoms with Crippen LogP contribution < -0.4 is 5.32 Å². The standard InChI is InChI=1S/C10H18N2O4/c1-7(5-8(13)14)11-9(15)12-4-3-10(2,16)6-12/h7,16H,3-6H2,1-2H3,(H,11,15)(H,13,14). The van der Waals surface area contributed by atoms with Crippen molar-refractivity contribution in [2.45, 2.75) is 38.3 Å². The Kier molecular flexibility index (Phi) is 3.74. The Morgan fingerprint density at radius 3 is 2.62 bits per heavy atom. The fourth-order valence-corrected chi connectivity index (χ4v) is 1.73. The van der Waals surface area contributed by atoms with Crippen LogP contribution in [0.2, 0.25) is 0 Å². The highest BCUT2D eigenvalue weighted by Gasteiger charge is 2.34. The number of hydrogen-bond acceptors (Lipinski definition) is 3. The second-order valence-corrected chi connectivity index (χ2v) is 4.62. The molecule has 6 heteroatoms. The molecular formula is C10H18N2O4. The van der Waals surface area contributed by atoms with Gasteiger partial charge in [-0.15, -0.1) is 0 Å². The number of nitrogens with one attached hydrogen (secondary N) is 1. The van der Waals surface area contributed by atoms with Crippen molar-refractivity contribution in [1.29, 1.82) is 0 Å². The minimum Gasteiger partial charge on any atom is -0.481 e. The van der Waals surface area contributed by atoms with Crippen LogP contribution in [0.15, 0.2) is 0 Å². The minimum atomic E-state index is -0.943. The molecule has 2 atom stereocenters. The van der Waals surface area contributed by atoms with Gasteiger partial charge in [0, 0.05) is 12.6 Å². The molecule has 2 unspecified atom stereocenters. The van der Waals surface area contributed by atoms with E-state index in [4.69, 9.17) is 5.11 Å². The summed E-state index contributed by atoms with van der Waals surface area (Å²) < 4.78 is 0. The van der Waals surface area contributed by atoms with Gasteiger partial charge in [-0.2, -0.15) is 0 Å². The lowest BCUT2D eigenvalue weighted by molar-refractivity contribution is -0.137. The highest BCUT2D eigenvalue weighted by atomic mass is 16.4. The number of likely N-dealkylation sites (tertiary alicyclic amines) is 1. The number of amides is 2. The van der Waals surface area contributed by atoms with Crippen LogP contribution in [-0.2, 0) is 4.79 Å². The van der Waals surface area contributed by atoms with Gasteiger partial charge in [-0.1, -0.05) is 0 Å². The average Bonchev–Trinajstić information content (AvgIpc) is 2.44. The molecule has 0 aromatic carbocycles. The molecule has 1 heterocycles. The topological polar surface area (TPSA) is 89.9 Å². The van der Waals surface area contributed by atoms with Crippen LogP contribution in [0.4, 0.5) is 4.79 Å². The predicted molar refractivity (Wildman–Crippen MR) is 57.1 cm³/mol. The summed E-state index contributed by atoms with van der Waals surface area (Å²) in [6.07, 6.45) is 0.448. The third kappa shape index (κ3) is 3.69. The molecule has 1 saturated heterocycles. The number of carbonyl (C=O) groups is 2. The van der Waals surface area contributed by atoms with E-state index in [1.807, 2.05) is 0 Å². The second kappa shape index (κ2) is 4.69. The highest BCUT2D eigenvalue weighted by molar-refractivity contribution is 5.76. The first kappa shape index (κ1) is 12.8. The normalized spacial score (nSPS) is 26.6. The first-order valence-electron chi connectivity index (χ1n) is 5.30. The molecule has 0 aromatic heterocycles. The van der Waals surface area contributed by atoms with E-state index >= 15 is 0 Å². The maximum absolute atomic E-state index is 11.6. The molecule has 1 aliphatic heterocycles. The maximum Gasteiger partial charge on any atom is 0.317 e. The molecule has 1 fully saturated rings. The molecule has 16 heavy (non-hydrogen) atoms. The van der Waals surface area contributed by atoms with Crippen LogP contribution in [0, 0.1) is 0 Å². The van der Waals surface area contributed by atoms with Crippen LogP contribution in [0.1, 0.15) is 26.7 Å². The minimum absolute atomic E-state index is 0.101. The molecule has 0 saturated carbocycles. The lowest BCUT2D eigenvalue weighted by Gasteiger charge is -2.21. The summed E-state index contributed by atoms with van der Waals surface area (Å²) in [6.45, 7) is 4.11. The number of β-amino-alcohol motifs (C(OH)–C–C–N with tert-alkyl or cyclic N) is 1. The van der Waals surface area contributed by atoms with Crippen molar-refractivity contribution in [2.24, 2.45) is 0 Å². The summed E-state index contributed by atoms with van der Waals surface area (Å²) in [6, 6.07) is -0.720. The number of rotatable bonds is 3. The van der Waals surface area contributed by atoms with E-state index in [1.54, 1.807) is 13.8 Å². The van der Waals surface area contributed by atoms with E-state index in [-0.39, 0.29) is 12.5 Å². The SMILES string of the molecule is CC(CC(=O)O)NC(=O)N1CCC(C)(O)C1. The van der Waals surface area contributed by atoms with Gasteiger partial charge in [0.15, 0.2) is 0 Å². The first-order valence-corrected chi connectivity index (χ1v) is 5.30. The van der Waals surface area contributed by atoms with Crippen molar-refractivity contribution in [1.82, 2.24) is 10.2 Å². The van der Waals surface area contributed by atoms with Crippen molar-refractivity contribution >= 4 is 12.0 Å². The van der Waals surface area contributed by atoms with Crippen LogP contribution in [0.5, 0.6) is 0 Å². The number of nitrogens with zero attached hydrogens (tertiary/aromatic N) is 1. The summed E-state index contributed by atoms with van der Waals surface area (Å²) in [5.74, 6) is -0.943. The Labute approximate surface area is 94.2 Å². The van der Waals surface area contributed by atoms with Crippen molar-refractivity contribution in [2.75, 3.05) is 13.1 Å². The third-order valence-corrected chi connectivity index (χ3v) is 2.59. The molecule has 2 amide bonds. The van der Waals surface area contributed by atoms with Crippen molar-refractivity contribution in [3.8, 4) is 0 Å². The Bertz CT molecular complexity index is 291. The summed E-state index contributed by atoms with van der Waals surface area (Å²) in [4.78, 5) is 23.5. The number of carboxylic acids is 1. The van der Waals surface area contributed by atoms with Crippen molar-refractivity contribution in [3.05, 3.63) is 0 Å². The van der Waals surface area contributed by atoms with Gasteiger partial charge in [-0.3, -0.25) is 4.79 Å². The monoisotopic (exact) mass is 230 g/mol. The molecule has 92 valence electrons. The Hall–Kier alpha value is -1.30. The maximum atomic E-state index is 11.6. The predicted octanol–water partition coefficient (Wildman–Crippen LogP) is 0.0159. The molecule has 1 rings (SSSR count). The lowest BCUT2D eigenvalue weighted by Crippen LogP contribution is -2.44. The van der Waals surface area contributed by atoms with E-state index < -0.39 is 17.6 Å². The van der Waals surface area contributed by atoms with Gasteiger partial charge in [-0.25, -0.2) is 4.79 Å². The van der Waals surface area contributed by atoms with Crippen molar-refractivity contribution < 1.29 is 19.8 Å². The molecule has 0 spiro atoms. The molecule has 0 aliphatic carbocycles. The summed E-state index contributed by atoms with van der Waals surface area (Å²) in [5, 5.41) is 20.8. The molecule has 0 bridgehead atoms. The van der Waals surface area contributed by atoms with Gasteiger partial charge in [-0.05, 0) is 20.3 Å². The number of hydrogen-bond donors (Lipinski definition) is 3. The second-order valence-electron chi connectivity index (χ2n) is 4.62. The summed E-state index contributed by atoms with van der Waals surface area (Å²) in [7, 11) is 0. The number of carbonyl (C=O) groups excluding carboxylic acids is 1. The van der Waals surface area contributed by atoms with Crippen LogP contribution in [0.3, 0.4) is 0 Å². The van der Waals surface area contributed by atoms with E-state index in [1.165, 1.54) is 4.90 Å². The zero-order valence-corrected chi connectivity index (χ0v) is 9.56. The quantitative estimate of drug-likeness (QED) is 0.637. The molecule has 0 radical (unpaired) electrons. The number of carboxylic acid groups (broad SMARTS) is 1. The molecule has 3 N–H and O–H groups in total. The van der Waals surface area contributed by atoms with E-state index in [0.29, 0.717) is 19.5 Å². The Morgan fingerprint density at radius 1 is 1.56 bits per heavy atom. The average molecular weight is 230 g/mol. The van der Waals surface area contributed by atoms with Gasteiger partial charge in [0.2, 0.25) is 0 Å². The number of aliphatic hydroxyl groups is 1. The van der Waals surface area contributed by atoms with E-state index in [2.05, 4.69) is 5.32 Å². The first-order chi connectivity index (χ1) is 7.30. The van der Waals surface area contributed by atoms with Gasteiger partial charge < -0.3 is 20.4 Å². The van der Waals surface area contributed by atoms with Crippen molar-refractivity contribution in [3.63, 3.8) is 0 Å². The number of aliphatic carboxylic acids is 1. The van der Waals surface area contributed by atoms with E-state index in [0.717, 1.165) is 0 Å². The van der Waals surface area contributed by atoms with Crippen LogP contribution >= 0.6 is 0 Å². The largest absolute Gasteiger partial charge is 0.481 e. The van der Waals surface area contributed by atoms with Gasteiger partial charge in [0.25, 0.3) is 0 Å². The van der Waals surface area contributed by atoms with Gasteiger partial charge in [0.1, 0.15) is 0 Å². The Morgan fingerprint density at radius 2 is 2.19 bits per heavy atom. The molecular weight excluding hydrogens is 212 g/mol.